The van der Waals surface area contributed by atoms with Gasteiger partial charge < -0.3 is 14.7 Å². The highest BCUT2D eigenvalue weighted by Crippen LogP contribution is 2.44. The standard InChI is InChI=1S/C24H34N2O4/c1-17(14-18-8-6-5-7-9-18)20-15-21(20)26(23(29)30-24(2,3)4)19-10-12-25(13-11-19)16-22(27)28/h5-9,14,19-21H,10-13,15-16H2,1-4H3,(H,27,28)/b17-14+. The molecule has 1 aromatic carbocycles. The maximum Gasteiger partial charge on any atom is 0.410 e. The third kappa shape index (κ3) is 6.08. The molecule has 1 aliphatic carbocycles. The smallest absolute Gasteiger partial charge is 0.410 e. The topological polar surface area (TPSA) is 70.1 Å². The van der Waals surface area contributed by atoms with Crippen molar-refractivity contribution in [2.24, 2.45) is 5.92 Å². The highest BCUT2D eigenvalue weighted by Gasteiger charge is 2.48. The Morgan fingerprint density at radius 3 is 2.40 bits per heavy atom. The summed E-state index contributed by atoms with van der Waals surface area (Å²) in [6.45, 7) is 9.25. The molecule has 1 N–H and O–H groups in total. The summed E-state index contributed by atoms with van der Waals surface area (Å²) in [5.74, 6) is -0.462. The second-order valence-corrected chi connectivity index (χ2v) is 9.50. The van der Waals surface area contributed by atoms with Crippen LogP contribution in [0.3, 0.4) is 0 Å². The molecule has 1 amide bonds. The van der Waals surface area contributed by atoms with Crippen LogP contribution < -0.4 is 0 Å². The van der Waals surface area contributed by atoms with E-state index in [0.717, 1.165) is 19.3 Å². The molecule has 1 aromatic rings. The molecule has 0 aromatic heterocycles. The normalized spacial score (nSPS) is 23.1. The molecule has 1 aliphatic heterocycles. The van der Waals surface area contributed by atoms with E-state index < -0.39 is 11.6 Å². The van der Waals surface area contributed by atoms with E-state index in [1.165, 1.54) is 11.1 Å². The van der Waals surface area contributed by atoms with E-state index in [0.29, 0.717) is 19.0 Å². The largest absolute Gasteiger partial charge is 0.480 e. The van der Waals surface area contributed by atoms with E-state index in [4.69, 9.17) is 9.84 Å². The van der Waals surface area contributed by atoms with Crippen molar-refractivity contribution in [2.75, 3.05) is 19.6 Å². The van der Waals surface area contributed by atoms with Gasteiger partial charge in [-0.05, 0) is 52.5 Å². The van der Waals surface area contributed by atoms with Gasteiger partial charge in [-0.25, -0.2) is 4.79 Å². The van der Waals surface area contributed by atoms with Crippen LogP contribution in [0.4, 0.5) is 4.79 Å². The van der Waals surface area contributed by atoms with Crippen molar-refractivity contribution in [3.63, 3.8) is 0 Å². The summed E-state index contributed by atoms with van der Waals surface area (Å²) in [4.78, 5) is 28.0. The Bertz CT molecular complexity index is 776. The molecule has 2 aliphatic rings. The van der Waals surface area contributed by atoms with Crippen molar-refractivity contribution < 1.29 is 19.4 Å². The van der Waals surface area contributed by atoms with Crippen LogP contribution in [0.2, 0.25) is 0 Å². The van der Waals surface area contributed by atoms with Crippen LogP contribution in [-0.4, -0.2) is 64.3 Å². The number of aliphatic carboxylic acids is 1. The van der Waals surface area contributed by atoms with Crippen LogP contribution >= 0.6 is 0 Å². The molecule has 30 heavy (non-hydrogen) atoms. The fraction of sp³-hybridized carbons (Fsp3) is 0.583. The van der Waals surface area contributed by atoms with E-state index in [1.807, 2.05) is 48.8 Å². The van der Waals surface area contributed by atoms with Gasteiger partial charge in [-0.1, -0.05) is 42.0 Å². The summed E-state index contributed by atoms with van der Waals surface area (Å²) < 4.78 is 5.75. The third-order valence-corrected chi connectivity index (χ3v) is 5.81. The molecular formula is C24H34N2O4. The van der Waals surface area contributed by atoms with Gasteiger partial charge in [-0.2, -0.15) is 0 Å². The molecular weight excluding hydrogens is 380 g/mol. The molecule has 1 saturated carbocycles. The van der Waals surface area contributed by atoms with Crippen molar-refractivity contribution >= 4 is 18.1 Å². The number of carboxylic acid groups (broad SMARTS) is 1. The summed E-state index contributed by atoms with van der Waals surface area (Å²) in [5.41, 5.74) is 1.91. The lowest BCUT2D eigenvalue weighted by molar-refractivity contribution is -0.138. The van der Waals surface area contributed by atoms with Gasteiger partial charge in [-0.3, -0.25) is 9.69 Å². The van der Waals surface area contributed by atoms with E-state index in [9.17, 15) is 9.59 Å². The molecule has 2 unspecified atom stereocenters. The van der Waals surface area contributed by atoms with Crippen molar-refractivity contribution in [1.82, 2.24) is 9.80 Å². The number of nitrogens with zero attached hydrogens (tertiary/aromatic N) is 2. The first-order valence-corrected chi connectivity index (χ1v) is 10.8. The summed E-state index contributed by atoms with van der Waals surface area (Å²) in [6.07, 6.45) is 4.45. The third-order valence-electron chi connectivity index (χ3n) is 5.81. The van der Waals surface area contributed by atoms with E-state index in [2.05, 4.69) is 25.1 Å². The van der Waals surface area contributed by atoms with Crippen LogP contribution in [0.1, 0.15) is 52.5 Å². The zero-order valence-corrected chi connectivity index (χ0v) is 18.5. The highest BCUT2D eigenvalue weighted by molar-refractivity contribution is 5.70. The predicted octanol–water partition coefficient (Wildman–Crippen LogP) is 4.26. The number of carboxylic acids is 1. The highest BCUT2D eigenvalue weighted by atomic mass is 16.6. The van der Waals surface area contributed by atoms with Crippen LogP contribution in [0.25, 0.3) is 6.08 Å². The number of carbonyl (C=O) groups excluding carboxylic acids is 1. The molecule has 3 rings (SSSR count). The Hall–Kier alpha value is -2.34. The van der Waals surface area contributed by atoms with Crippen LogP contribution in [0.15, 0.2) is 35.9 Å². The minimum atomic E-state index is -0.804. The molecule has 2 atom stereocenters. The molecule has 0 radical (unpaired) electrons. The summed E-state index contributed by atoms with van der Waals surface area (Å²) in [6, 6.07) is 10.5. The second kappa shape index (κ2) is 9.21. The van der Waals surface area contributed by atoms with Gasteiger partial charge in [0.1, 0.15) is 5.60 Å². The SMILES string of the molecule is C/C(=C\c1ccccc1)C1CC1N(C(=O)OC(C)(C)C)C1CCN(CC(=O)O)CC1. The Balaban J connectivity index is 1.71. The van der Waals surface area contributed by atoms with Crippen molar-refractivity contribution in [3.8, 4) is 0 Å². The minimum Gasteiger partial charge on any atom is -0.480 e. The van der Waals surface area contributed by atoms with E-state index in [-0.39, 0.29) is 24.7 Å². The predicted molar refractivity (Wildman–Crippen MR) is 117 cm³/mol. The summed E-state index contributed by atoms with van der Waals surface area (Å²) in [5, 5.41) is 9.04. The van der Waals surface area contributed by atoms with Crippen LogP contribution in [-0.2, 0) is 9.53 Å². The van der Waals surface area contributed by atoms with Crippen molar-refractivity contribution in [1.29, 1.82) is 0 Å². The number of likely N-dealkylation sites (tertiary alicyclic amines) is 1. The fourth-order valence-electron chi connectivity index (χ4n) is 4.31. The number of amides is 1. The average Bonchev–Trinajstić information content (AvgIpc) is 3.43. The maximum absolute atomic E-state index is 13.1. The lowest BCUT2D eigenvalue weighted by Crippen LogP contribution is -2.50. The first kappa shape index (κ1) is 22.3. The first-order chi connectivity index (χ1) is 14.1. The Labute approximate surface area is 179 Å². The number of carbonyl (C=O) groups is 2. The average molecular weight is 415 g/mol. The number of ether oxygens (including phenoxy) is 1. The quantitative estimate of drug-likeness (QED) is 0.753. The van der Waals surface area contributed by atoms with Crippen LogP contribution in [0.5, 0.6) is 0 Å². The van der Waals surface area contributed by atoms with Crippen LogP contribution in [0, 0.1) is 5.92 Å². The molecule has 0 spiro atoms. The van der Waals surface area contributed by atoms with Gasteiger partial charge in [0.2, 0.25) is 0 Å². The molecule has 0 bridgehead atoms. The van der Waals surface area contributed by atoms with Crippen molar-refractivity contribution in [2.45, 2.75) is 64.6 Å². The molecule has 1 saturated heterocycles. The Morgan fingerprint density at radius 2 is 1.83 bits per heavy atom. The van der Waals surface area contributed by atoms with Gasteiger partial charge in [-0.15, -0.1) is 0 Å². The molecule has 1 heterocycles. The summed E-state index contributed by atoms with van der Waals surface area (Å²) >= 11 is 0. The maximum atomic E-state index is 13.1. The lowest BCUT2D eigenvalue weighted by Gasteiger charge is -2.39. The number of hydrogen-bond acceptors (Lipinski definition) is 4. The number of piperidine rings is 1. The first-order valence-electron chi connectivity index (χ1n) is 10.8. The number of rotatable bonds is 6. The van der Waals surface area contributed by atoms with Crippen molar-refractivity contribution in [3.05, 3.63) is 41.5 Å². The van der Waals surface area contributed by atoms with Gasteiger partial charge >= 0.3 is 12.1 Å². The van der Waals surface area contributed by atoms with E-state index >= 15 is 0 Å². The zero-order valence-electron chi connectivity index (χ0n) is 18.5. The van der Waals surface area contributed by atoms with Gasteiger partial charge in [0.05, 0.1) is 6.54 Å². The Morgan fingerprint density at radius 1 is 1.20 bits per heavy atom. The minimum absolute atomic E-state index is 0.0597. The zero-order chi connectivity index (χ0) is 21.9. The van der Waals surface area contributed by atoms with Gasteiger partial charge in [0.25, 0.3) is 0 Å². The van der Waals surface area contributed by atoms with Gasteiger partial charge in [0.15, 0.2) is 0 Å². The summed E-state index contributed by atoms with van der Waals surface area (Å²) in [7, 11) is 0. The molecule has 6 nitrogen and oxygen atoms in total. The van der Waals surface area contributed by atoms with Gasteiger partial charge in [0, 0.05) is 31.1 Å². The molecule has 2 fully saturated rings. The monoisotopic (exact) mass is 414 g/mol. The Kier molecular flexibility index (Phi) is 6.86. The molecule has 6 heteroatoms. The van der Waals surface area contributed by atoms with E-state index in [1.54, 1.807) is 0 Å². The lowest BCUT2D eigenvalue weighted by atomic mass is 10.0. The molecule has 164 valence electrons. The fourth-order valence-corrected chi connectivity index (χ4v) is 4.31. The second-order valence-electron chi connectivity index (χ2n) is 9.50. The number of hydrogen-bond donors (Lipinski definition) is 1. The number of benzene rings is 1.